The second-order valence-corrected chi connectivity index (χ2v) is 6.71. The molecule has 7 heteroatoms. The van der Waals surface area contributed by atoms with E-state index in [4.69, 9.17) is 17.0 Å². The molecule has 0 amide bonds. The monoisotopic (exact) mass is 367 g/mol. The lowest BCUT2D eigenvalue weighted by atomic mass is 9.83. The van der Waals surface area contributed by atoms with Crippen LogP contribution in [-0.4, -0.2) is 17.1 Å². The number of ether oxygens (including phenoxy) is 1. The maximum Gasteiger partial charge on any atom is 0.269 e. The molecule has 0 bridgehead atoms. The molecule has 132 valence electrons. The highest BCUT2D eigenvalue weighted by atomic mass is 32.1. The van der Waals surface area contributed by atoms with Crippen molar-refractivity contribution in [1.29, 1.82) is 0 Å². The Bertz CT molecular complexity index is 938. The topological polar surface area (TPSA) is 76.4 Å². The fourth-order valence-corrected chi connectivity index (χ4v) is 3.81. The van der Waals surface area contributed by atoms with E-state index in [1.165, 1.54) is 23.3 Å². The number of methoxy groups -OCH3 is 1. The third kappa shape index (κ3) is 2.80. The van der Waals surface area contributed by atoms with Crippen molar-refractivity contribution >= 4 is 28.7 Å². The molecule has 0 unspecified atom stereocenters. The third-order valence-corrected chi connectivity index (χ3v) is 5.09. The number of nitrogens with zero attached hydrogens (tertiary/aromatic N) is 1. The van der Waals surface area contributed by atoms with Crippen molar-refractivity contribution in [2.24, 2.45) is 0 Å². The lowest BCUT2D eigenvalue weighted by Crippen LogP contribution is -2.44. The molecule has 1 atom stereocenters. The van der Waals surface area contributed by atoms with Gasteiger partial charge in [-0.05, 0) is 72.1 Å². The van der Waals surface area contributed by atoms with E-state index in [0.717, 1.165) is 35.4 Å². The van der Waals surface area contributed by atoms with Gasteiger partial charge in [-0.2, -0.15) is 0 Å². The van der Waals surface area contributed by atoms with Crippen LogP contribution in [0.3, 0.4) is 0 Å². The van der Waals surface area contributed by atoms with E-state index in [9.17, 15) is 10.1 Å². The summed E-state index contributed by atoms with van der Waals surface area (Å²) in [5, 5.41) is 18.0. The molecule has 0 radical (unpaired) electrons. The first-order valence-corrected chi connectivity index (χ1v) is 8.70. The highest BCUT2D eigenvalue weighted by Crippen LogP contribution is 2.39. The van der Waals surface area contributed by atoms with Crippen molar-refractivity contribution in [3.63, 3.8) is 0 Å². The summed E-state index contributed by atoms with van der Waals surface area (Å²) < 4.78 is 5.33. The predicted octanol–water partition coefficient (Wildman–Crippen LogP) is 3.48. The average molecular weight is 367 g/mol. The average Bonchev–Trinajstić information content (AvgIpc) is 2.66. The van der Waals surface area contributed by atoms with Gasteiger partial charge >= 0.3 is 0 Å². The zero-order valence-electron chi connectivity index (χ0n) is 14.1. The molecule has 0 fully saturated rings. The van der Waals surface area contributed by atoms with Crippen LogP contribution in [0.1, 0.15) is 29.2 Å². The first-order valence-electron chi connectivity index (χ1n) is 8.29. The van der Waals surface area contributed by atoms with Gasteiger partial charge in [0.05, 0.1) is 18.1 Å². The van der Waals surface area contributed by atoms with Crippen LogP contribution in [0.15, 0.2) is 48.0 Å². The molecule has 0 spiro atoms. The fraction of sp³-hybridized carbons (Fsp3) is 0.211. The Morgan fingerprint density at radius 1 is 1.19 bits per heavy atom. The summed E-state index contributed by atoms with van der Waals surface area (Å²) in [7, 11) is 1.66. The molecular weight excluding hydrogens is 350 g/mol. The second-order valence-electron chi connectivity index (χ2n) is 6.30. The molecule has 2 aromatic rings. The van der Waals surface area contributed by atoms with Crippen LogP contribution in [0.4, 0.5) is 5.69 Å². The molecule has 2 aromatic carbocycles. The molecular formula is C19H17N3O3S. The van der Waals surface area contributed by atoms with Gasteiger partial charge in [0.15, 0.2) is 5.11 Å². The Kier molecular flexibility index (Phi) is 4.08. The Morgan fingerprint density at radius 3 is 2.65 bits per heavy atom. The minimum Gasteiger partial charge on any atom is -0.497 e. The summed E-state index contributed by atoms with van der Waals surface area (Å²) in [6.45, 7) is 0. The van der Waals surface area contributed by atoms with Crippen LogP contribution in [0.2, 0.25) is 0 Å². The SMILES string of the molecule is COc1ccc2c(c1)CCC1=C2NC(=S)N[C@@H]1c1ccc([N+](=O)[O-])cc1. The summed E-state index contributed by atoms with van der Waals surface area (Å²) in [4.78, 5) is 10.5. The molecule has 0 aromatic heterocycles. The highest BCUT2D eigenvalue weighted by molar-refractivity contribution is 7.80. The number of nitro groups is 1. The first kappa shape index (κ1) is 16.5. The molecule has 4 rings (SSSR count). The van der Waals surface area contributed by atoms with Crippen molar-refractivity contribution in [2.75, 3.05) is 7.11 Å². The number of nitro benzene ring substituents is 1. The Morgan fingerprint density at radius 2 is 1.96 bits per heavy atom. The van der Waals surface area contributed by atoms with Gasteiger partial charge in [0.2, 0.25) is 0 Å². The van der Waals surface area contributed by atoms with E-state index >= 15 is 0 Å². The van der Waals surface area contributed by atoms with Crippen LogP contribution >= 0.6 is 12.2 Å². The summed E-state index contributed by atoms with van der Waals surface area (Å²) >= 11 is 5.41. The van der Waals surface area contributed by atoms with Gasteiger partial charge in [0.1, 0.15) is 5.75 Å². The van der Waals surface area contributed by atoms with Gasteiger partial charge in [-0.25, -0.2) is 0 Å². The number of non-ortho nitro benzene ring substituents is 1. The van der Waals surface area contributed by atoms with E-state index in [0.29, 0.717) is 5.11 Å². The highest BCUT2D eigenvalue weighted by Gasteiger charge is 2.31. The van der Waals surface area contributed by atoms with E-state index in [1.807, 2.05) is 6.07 Å². The van der Waals surface area contributed by atoms with Crippen LogP contribution in [0.5, 0.6) is 5.75 Å². The molecule has 0 saturated carbocycles. The van der Waals surface area contributed by atoms with E-state index < -0.39 is 0 Å². The number of benzene rings is 2. The molecule has 2 aliphatic rings. The number of aryl methyl sites for hydroxylation is 1. The van der Waals surface area contributed by atoms with Crippen molar-refractivity contribution in [1.82, 2.24) is 10.6 Å². The van der Waals surface area contributed by atoms with Gasteiger partial charge < -0.3 is 15.4 Å². The lowest BCUT2D eigenvalue weighted by molar-refractivity contribution is -0.384. The fourth-order valence-electron chi connectivity index (χ4n) is 3.59. The Hall–Kier alpha value is -2.93. The maximum atomic E-state index is 10.9. The molecule has 2 N–H and O–H groups in total. The molecule has 1 aliphatic carbocycles. The minimum absolute atomic E-state index is 0.0838. The summed E-state index contributed by atoms with van der Waals surface area (Å²) in [6.07, 6.45) is 1.78. The van der Waals surface area contributed by atoms with Gasteiger partial charge in [-0.1, -0.05) is 0 Å². The second kappa shape index (κ2) is 6.42. The van der Waals surface area contributed by atoms with Crippen LogP contribution in [0.25, 0.3) is 5.70 Å². The van der Waals surface area contributed by atoms with Gasteiger partial charge in [-0.15, -0.1) is 0 Å². The van der Waals surface area contributed by atoms with E-state index in [1.54, 1.807) is 19.2 Å². The van der Waals surface area contributed by atoms with Crippen LogP contribution < -0.4 is 15.4 Å². The zero-order valence-corrected chi connectivity index (χ0v) is 14.9. The number of rotatable bonds is 3. The number of nitrogens with one attached hydrogen (secondary N) is 2. The molecule has 1 aliphatic heterocycles. The summed E-state index contributed by atoms with van der Waals surface area (Å²) in [6, 6.07) is 12.6. The number of thiocarbonyl (C=S) groups is 1. The predicted molar refractivity (Wildman–Crippen MR) is 103 cm³/mol. The molecule has 26 heavy (non-hydrogen) atoms. The normalized spacial score (nSPS) is 18.3. The van der Waals surface area contributed by atoms with Crippen LogP contribution in [-0.2, 0) is 6.42 Å². The molecule has 0 saturated heterocycles. The molecule has 6 nitrogen and oxygen atoms in total. The standard InChI is InChI=1S/C19H17N3O3S/c1-25-14-7-9-15-12(10-14)4-8-16-17(20-19(26)21-18(15)16)11-2-5-13(6-3-11)22(23)24/h2-3,5-7,9-10,17H,4,8H2,1H3,(H2,20,21,26)/t17-/m1/s1. The third-order valence-electron chi connectivity index (χ3n) is 4.87. The largest absolute Gasteiger partial charge is 0.497 e. The van der Waals surface area contributed by atoms with Gasteiger partial charge in [0.25, 0.3) is 5.69 Å². The smallest absolute Gasteiger partial charge is 0.269 e. The number of hydrogen-bond donors (Lipinski definition) is 2. The summed E-state index contributed by atoms with van der Waals surface area (Å²) in [5.74, 6) is 0.844. The quantitative estimate of drug-likeness (QED) is 0.491. The van der Waals surface area contributed by atoms with Crippen LogP contribution in [0, 0.1) is 10.1 Å². The lowest BCUT2D eigenvalue weighted by Gasteiger charge is -2.35. The van der Waals surface area contributed by atoms with E-state index in [-0.39, 0.29) is 16.7 Å². The zero-order chi connectivity index (χ0) is 18.3. The number of fused-ring (bicyclic) bond motifs is 2. The van der Waals surface area contributed by atoms with E-state index in [2.05, 4.69) is 22.8 Å². The first-order chi connectivity index (χ1) is 12.6. The Labute approximate surface area is 156 Å². The van der Waals surface area contributed by atoms with Crippen molar-refractivity contribution in [2.45, 2.75) is 18.9 Å². The van der Waals surface area contributed by atoms with Crippen molar-refractivity contribution < 1.29 is 9.66 Å². The van der Waals surface area contributed by atoms with Gasteiger partial charge in [0, 0.05) is 23.4 Å². The molecule has 1 heterocycles. The maximum absolute atomic E-state index is 10.9. The Balaban J connectivity index is 1.77. The minimum atomic E-state index is -0.390. The van der Waals surface area contributed by atoms with Gasteiger partial charge in [-0.3, -0.25) is 10.1 Å². The van der Waals surface area contributed by atoms with Crippen molar-refractivity contribution in [3.8, 4) is 5.75 Å². The summed E-state index contributed by atoms with van der Waals surface area (Å²) in [5.41, 5.74) is 5.64. The van der Waals surface area contributed by atoms with Crippen molar-refractivity contribution in [3.05, 3.63) is 74.8 Å². The number of hydrogen-bond acceptors (Lipinski definition) is 4.